The molecule has 0 bridgehead atoms. The zero-order chi connectivity index (χ0) is 93.8. The van der Waals surface area contributed by atoms with Crippen LogP contribution in [0.5, 0.6) is 0 Å². The number of methoxy groups -OCH3 is 10. The number of hydrogen-bond acceptors (Lipinski definition) is 36. The Morgan fingerprint density at radius 3 is 1.09 bits per heavy atom. The Bertz CT molecular complexity index is 2820. The minimum absolute atomic E-state index is 0.0163. The number of aromatic nitrogens is 3. The number of aliphatic hydroxyl groups is 6. The first-order valence-electron chi connectivity index (χ1n) is 39.8. The lowest BCUT2D eigenvalue weighted by Gasteiger charge is -2.28. The Morgan fingerprint density at radius 2 is 0.742 bits per heavy atom. The Kier molecular flexibility index (Phi) is 63.2. The maximum atomic E-state index is 12.5. The molecule has 6 aliphatic heterocycles. The maximum Gasteiger partial charge on any atom is 0.325 e. The second-order valence-electron chi connectivity index (χ2n) is 26.1. The van der Waals surface area contributed by atoms with Crippen molar-refractivity contribution in [1.82, 2.24) is 95.0 Å². The third-order valence-corrected chi connectivity index (χ3v) is 18.1. The molecule has 10 N–H and O–H groups in total. The number of amides is 16. The molecule has 7 rings (SSSR count). The van der Waals surface area contributed by atoms with E-state index in [0.717, 1.165) is 0 Å². The predicted octanol–water partition coefficient (Wildman–Crippen LogP) is -2.94. The van der Waals surface area contributed by atoms with Crippen molar-refractivity contribution in [3.05, 3.63) is 5.82 Å². The number of carbonyl (C=O) groups is 9. The van der Waals surface area contributed by atoms with Crippen LogP contribution in [-0.4, -0.2) is 507 Å². The zero-order valence-electron chi connectivity index (χ0n) is 75.8. The van der Waals surface area contributed by atoms with Gasteiger partial charge in [0.15, 0.2) is 24.8 Å². The first kappa shape index (κ1) is 116. The monoisotopic (exact) mass is 1800 g/mol. The van der Waals surface area contributed by atoms with E-state index in [1.54, 1.807) is 88.8 Å². The summed E-state index contributed by atoms with van der Waals surface area (Å²) in [6.45, 7) is 21.4. The Morgan fingerprint density at radius 1 is 0.395 bits per heavy atom. The van der Waals surface area contributed by atoms with Crippen LogP contribution in [-0.2, 0) is 80.6 Å². The molecule has 0 spiro atoms. The van der Waals surface area contributed by atoms with Crippen LogP contribution in [0, 0.1) is 0 Å². The van der Waals surface area contributed by atoms with Gasteiger partial charge in [-0.05, 0) is 48.5 Å². The quantitative estimate of drug-likeness (QED) is 0.0230. The summed E-state index contributed by atoms with van der Waals surface area (Å²) < 4.78 is 81.6. The van der Waals surface area contributed by atoms with E-state index in [1.807, 2.05) is 55.3 Å². The van der Waals surface area contributed by atoms with E-state index in [2.05, 4.69) is 45.7 Å². The van der Waals surface area contributed by atoms with Crippen LogP contribution in [0.1, 0.15) is 60.2 Å². The lowest BCUT2D eigenvalue weighted by molar-refractivity contribution is -0.0980. The van der Waals surface area contributed by atoms with Gasteiger partial charge in [-0.3, -0.25) is 39.2 Å². The molecule has 6 aliphatic rings. The Balaban J connectivity index is 0.00000145. The average Bonchev–Trinajstić information content (AvgIpc) is 1.58. The van der Waals surface area contributed by atoms with Gasteiger partial charge in [0.2, 0.25) is 11.9 Å². The summed E-state index contributed by atoms with van der Waals surface area (Å²) in [6.07, 6.45) is -2.61. The van der Waals surface area contributed by atoms with E-state index < -0.39 is 24.6 Å². The summed E-state index contributed by atoms with van der Waals surface area (Å²) in [5.41, 5.74) is 0. The first-order chi connectivity index (χ1) is 59.7. The van der Waals surface area contributed by atoms with Crippen LogP contribution in [0.2, 0.25) is 0 Å². The molecule has 7 heterocycles. The maximum absolute atomic E-state index is 12.5. The van der Waals surface area contributed by atoms with Crippen LogP contribution in [0.4, 0.5) is 50.3 Å². The molecule has 722 valence electrons. The van der Waals surface area contributed by atoms with Crippen molar-refractivity contribution in [2.75, 3.05) is 308 Å². The number of rotatable bonds is 50. The van der Waals surface area contributed by atoms with Crippen molar-refractivity contribution in [2.24, 2.45) is 0 Å². The Hall–Kier alpha value is -8.44. The number of hydrogen-bond donors (Lipinski definition) is 10. The van der Waals surface area contributed by atoms with Gasteiger partial charge in [0.1, 0.15) is 112 Å². The van der Waals surface area contributed by atoms with Crippen molar-refractivity contribution in [3.8, 4) is 0 Å². The van der Waals surface area contributed by atoms with Gasteiger partial charge in [0.25, 0.3) is 0 Å². The minimum Gasteiger partial charge on any atom is -0.395 e. The van der Waals surface area contributed by atoms with Gasteiger partial charge in [-0.1, -0.05) is 0 Å². The van der Waals surface area contributed by atoms with E-state index in [-0.39, 0.29) is 212 Å². The molecular weight excluding hydrogens is 1650 g/mol. The smallest absolute Gasteiger partial charge is 0.325 e. The number of urea groups is 8. The van der Waals surface area contributed by atoms with Crippen molar-refractivity contribution < 1.29 is 150 Å². The van der Waals surface area contributed by atoms with Crippen LogP contribution in [0.15, 0.2) is 0 Å². The molecule has 52 nitrogen and oxygen atoms in total. The lowest BCUT2D eigenvalue weighted by Crippen LogP contribution is -2.48. The van der Waals surface area contributed by atoms with E-state index >= 15 is 0 Å². The Labute approximate surface area is 726 Å². The van der Waals surface area contributed by atoms with E-state index in [1.165, 1.54) is 72.1 Å². The normalized spacial score (nSPS) is 19.2. The highest BCUT2D eigenvalue weighted by Gasteiger charge is 2.60. The average molecular weight is 1800 g/mol. The summed E-state index contributed by atoms with van der Waals surface area (Å²) in [6, 6.07) is -2.28. The van der Waals surface area contributed by atoms with E-state index in [0.29, 0.717) is 90.4 Å². The van der Waals surface area contributed by atoms with Gasteiger partial charge in [0, 0.05) is 165 Å². The standard InChI is InChI=1S/C16H31N5O6.C12H22N4O6.C12H22N4O4.C10H20N2O3.C9H18N2O5.C7H16N2O3.C5H12N2O3.CH2O/c1-24-9-13(10-25-2)14-17-15(20(5-7-22)11-26-3)19-16(18-14)21(6-8-23)12-27-4;1-21-7-15-10-9(13(3-5-17)11(15)19)14(4-6-18)12(20)16(10)8-22-2;1-5-19-7-15-10-9(13(3)11(15)17)14(4)12(18)16(10)8-20-6-2;1-5-14-7-12-9(15-6-2)8(3)11(4)10(12)13;1-15-6-11-8(16-2)7(5-13)10(3-4-12)9(11)14;1-3-11-5-8-7(10)9-6-12-4-2;1-9-3-6-5(8)7-4-10-2;1-2/h13,22-23H,5-12H2,1-4H3;9-10,17-18H,3-8H2,1-2H3;9-10H,5-8H2,1-4H3;8-9H,5-7H2,1-4H3;7-8,12-13H,3-6H2,1-2H3;3-6H2,1-2H3,(H2,8,9,10);3-4H2,1-2H3,(H2,6,7,8);1H2. The highest BCUT2D eigenvalue weighted by molar-refractivity contribution is 5.86. The van der Waals surface area contributed by atoms with Crippen molar-refractivity contribution in [1.29, 1.82) is 0 Å². The summed E-state index contributed by atoms with van der Waals surface area (Å²) in [5.74, 6) is 0.971. The van der Waals surface area contributed by atoms with Gasteiger partial charge in [-0.2, -0.15) is 15.0 Å². The van der Waals surface area contributed by atoms with Crippen molar-refractivity contribution in [3.63, 3.8) is 0 Å². The fourth-order valence-corrected chi connectivity index (χ4v) is 12.4. The molecule has 0 aromatic carbocycles. The largest absolute Gasteiger partial charge is 0.395 e. The van der Waals surface area contributed by atoms with Gasteiger partial charge in [-0.25, -0.2) is 38.4 Å². The first-order valence-corrected chi connectivity index (χ1v) is 39.8. The lowest BCUT2D eigenvalue weighted by atomic mass is 10.1. The number of ether oxygens (including phenoxy) is 16. The molecule has 0 radical (unpaired) electrons. The molecule has 4 unspecified atom stereocenters. The van der Waals surface area contributed by atoms with E-state index in [4.69, 9.17) is 76.2 Å². The molecule has 1 aromatic rings. The fourth-order valence-electron chi connectivity index (χ4n) is 12.4. The van der Waals surface area contributed by atoms with Gasteiger partial charge >= 0.3 is 48.2 Å². The van der Waals surface area contributed by atoms with Crippen molar-refractivity contribution >= 4 is 66.9 Å². The topological polar surface area (TPSA) is 555 Å². The second-order valence-corrected chi connectivity index (χ2v) is 26.1. The molecule has 6 fully saturated rings. The molecule has 1 aromatic heterocycles. The van der Waals surface area contributed by atoms with Crippen molar-refractivity contribution in [2.45, 2.75) is 104 Å². The number of carbonyl (C=O) groups excluding carboxylic acids is 9. The van der Waals surface area contributed by atoms with Gasteiger partial charge in [0.05, 0.1) is 64.8 Å². The summed E-state index contributed by atoms with van der Waals surface area (Å²) in [4.78, 5) is 137. The fraction of sp³-hybridized carbons (Fsp3) is 0.833. The summed E-state index contributed by atoms with van der Waals surface area (Å²) in [7, 11) is 20.3. The number of nitrogens with one attached hydrogen (secondary N) is 4. The van der Waals surface area contributed by atoms with Crippen LogP contribution < -0.4 is 31.1 Å². The van der Waals surface area contributed by atoms with Crippen LogP contribution >= 0.6 is 0 Å². The number of anilines is 2. The second kappa shape index (κ2) is 67.8. The SMILES string of the molecule is C=O.CCOCN1C(=O)N(C)C(C)C1OCC.CCOCN1C(=O)N(C)C2C1N(COCC)C(=O)N2C.CCOCNC(=O)NCOCC.COCC(COC)c1nc(N(CCO)COC)nc(N(CCO)COC)n1.COCN1C(=O)N(CCO)C(CO)C1OC.COCN1C(=O)N(CCO)C2C1N(COC)C(=O)N2CCO.COCNC(=O)NCOC. The molecule has 0 saturated carbocycles. The van der Waals surface area contributed by atoms with E-state index in [9.17, 15) is 63.9 Å². The van der Waals surface area contributed by atoms with Gasteiger partial charge in [-0.15, -0.1) is 0 Å². The minimum atomic E-state index is -0.593. The molecular formula is C72H143N21O31. The molecule has 6 saturated heterocycles. The number of nitrogens with zero attached hydrogens (tertiary/aromatic N) is 17. The van der Waals surface area contributed by atoms with Gasteiger partial charge < -0.3 is 162 Å². The number of fused-ring (bicyclic) bond motifs is 2. The summed E-state index contributed by atoms with van der Waals surface area (Å²) in [5, 5.41) is 65.0. The molecule has 52 heteroatoms. The molecule has 124 heavy (non-hydrogen) atoms. The van der Waals surface area contributed by atoms with Crippen LogP contribution in [0.3, 0.4) is 0 Å². The third kappa shape index (κ3) is 35.8. The zero-order valence-corrected chi connectivity index (χ0v) is 75.8. The predicted molar refractivity (Wildman–Crippen MR) is 441 cm³/mol. The molecule has 0 aliphatic carbocycles. The molecule has 4 atom stereocenters. The number of β-amino-alcohol motifs (C(OH)–C–C–N with tert-alkyl or cyclic N) is 3. The molecule has 16 amide bonds. The highest BCUT2D eigenvalue weighted by Crippen LogP contribution is 2.36. The summed E-state index contributed by atoms with van der Waals surface area (Å²) >= 11 is 0. The number of aliphatic hydroxyl groups excluding tert-OH is 6. The number of likely N-dealkylation sites (N-methyl/N-ethyl adjacent to an activating group) is 3. The highest BCUT2D eigenvalue weighted by atomic mass is 16.5. The van der Waals surface area contributed by atoms with Crippen LogP contribution in [0.25, 0.3) is 0 Å². The third-order valence-electron chi connectivity index (χ3n) is 18.1.